The molecule has 0 saturated carbocycles. The maximum atomic E-state index is 5.43. The predicted octanol–water partition coefficient (Wildman–Crippen LogP) is 5.01. The van der Waals surface area contributed by atoms with Gasteiger partial charge in [0.25, 0.3) is 0 Å². The van der Waals surface area contributed by atoms with Gasteiger partial charge >= 0.3 is 0 Å². The lowest BCUT2D eigenvalue weighted by molar-refractivity contribution is 0.542. The first-order chi connectivity index (χ1) is 10.3. The topological polar surface area (TPSA) is 24.1 Å². The van der Waals surface area contributed by atoms with E-state index in [9.17, 15) is 0 Å². The number of aryl methyl sites for hydroxylation is 3. The van der Waals surface area contributed by atoms with Crippen molar-refractivity contribution >= 4 is 23.0 Å². The van der Waals surface area contributed by atoms with Crippen molar-refractivity contribution in [2.45, 2.75) is 54.4 Å². The first kappa shape index (κ1) is 18.7. The highest BCUT2D eigenvalue weighted by atomic mass is 32.1. The predicted molar refractivity (Wildman–Crippen MR) is 103 cm³/mol. The molecule has 0 saturated heterocycles. The van der Waals surface area contributed by atoms with Crippen LogP contribution in [0.4, 0.5) is 5.69 Å². The fraction of sp³-hybridized carbons (Fsp3) is 0.526. The van der Waals surface area contributed by atoms with Crippen molar-refractivity contribution in [3.8, 4) is 0 Å². The van der Waals surface area contributed by atoms with E-state index in [1.807, 2.05) is 0 Å². The number of anilines is 1. The van der Waals surface area contributed by atoms with Crippen LogP contribution in [0.15, 0.2) is 24.3 Å². The van der Waals surface area contributed by atoms with E-state index < -0.39 is 0 Å². The minimum Gasteiger partial charge on any atom is -0.359 e. The Hall–Kier alpha value is -1.35. The summed E-state index contributed by atoms with van der Waals surface area (Å²) in [6.07, 6.45) is 6.33. The molecule has 0 aliphatic carbocycles. The van der Waals surface area contributed by atoms with Gasteiger partial charge < -0.3 is 10.6 Å². The van der Waals surface area contributed by atoms with E-state index >= 15 is 0 Å². The van der Waals surface area contributed by atoms with Gasteiger partial charge in [0.15, 0.2) is 5.11 Å². The Kier molecular flexibility index (Phi) is 7.08. The Morgan fingerprint density at radius 2 is 1.68 bits per heavy atom. The van der Waals surface area contributed by atoms with Crippen molar-refractivity contribution in [2.75, 3.05) is 11.9 Å². The van der Waals surface area contributed by atoms with Crippen molar-refractivity contribution in [2.24, 2.45) is 5.41 Å². The van der Waals surface area contributed by atoms with E-state index in [-0.39, 0.29) is 5.41 Å². The number of nitrogens with one attached hydrogen (secondary N) is 2. The second kappa shape index (κ2) is 8.33. The molecule has 0 aliphatic heterocycles. The van der Waals surface area contributed by atoms with Gasteiger partial charge in [-0.15, -0.1) is 0 Å². The zero-order valence-corrected chi connectivity index (χ0v) is 15.7. The summed E-state index contributed by atoms with van der Waals surface area (Å²) in [4.78, 5) is 0. The summed E-state index contributed by atoms with van der Waals surface area (Å²) in [6, 6.07) is 4.48. The minimum absolute atomic E-state index is 0.207. The number of hydrogen-bond acceptors (Lipinski definition) is 1. The first-order valence-electron chi connectivity index (χ1n) is 8.11. The molecular formula is C19H30N2S. The highest BCUT2D eigenvalue weighted by Crippen LogP contribution is 2.24. The van der Waals surface area contributed by atoms with Crippen LogP contribution in [0.5, 0.6) is 0 Å². The van der Waals surface area contributed by atoms with Gasteiger partial charge in [-0.2, -0.15) is 0 Å². The average Bonchev–Trinajstić information content (AvgIpc) is 2.43. The minimum atomic E-state index is 0.207. The lowest BCUT2D eigenvalue weighted by Gasteiger charge is -2.18. The zero-order valence-electron chi connectivity index (χ0n) is 14.8. The molecule has 0 atom stereocenters. The van der Waals surface area contributed by atoms with Crippen LogP contribution in [0.1, 0.15) is 51.3 Å². The summed E-state index contributed by atoms with van der Waals surface area (Å²) in [7, 11) is 0. The fourth-order valence-electron chi connectivity index (χ4n) is 2.38. The Morgan fingerprint density at radius 1 is 1.14 bits per heavy atom. The van der Waals surface area contributed by atoms with Crippen LogP contribution < -0.4 is 10.6 Å². The van der Waals surface area contributed by atoms with Gasteiger partial charge in [-0.3, -0.25) is 0 Å². The number of benzene rings is 1. The molecule has 2 nitrogen and oxygen atoms in total. The van der Waals surface area contributed by atoms with Crippen molar-refractivity contribution in [3.63, 3.8) is 0 Å². The maximum absolute atomic E-state index is 5.43. The van der Waals surface area contributed by atoms with Crippen molar-refractivity contribution in [1.82, 2.24) is 5.32 Å². The fourth-order valence-corrected chi connectivity index (χ4v) is 2.57. The van der Waals surface area contributed by atoms with Gasteiger partial charge in [-0.05, 0) is 48.5 Å². The lowest BCUT2D eigenvalue weighted by atomic mass is 9.96. The van der Waals surface area contributed by atoms with Gasteiger partial charge in [-0.1, -0.05) is 64.5 Å². The van der Waals surface area contributed by atoms with Gasteiger partial charge in [-0.25, -0.2) is 0 Å². The van der Waals surface area contributed by atoms with Crippen molar-refractivity contribution in [3.05, 3.63) is 41.0 Å². The standard InChI is InChI=1S/C19H30N2S/c1-7-15-12-14(3)13-16(8-2)17(15)21-18(22)20-11-9-10-19(4,5)6/h9-10,12-13H,7-8,11H2,1-6H3,(H2,20,21,22). The van der Waals surface area contributed by atoms with Crippen LogP contribution >= 0.6 is 12.2 Å². The highest BCUT2D eigenvalue weighted by Gasteiger charge is 2.09. The zero-order chi connectivity index (χ0) is 16.8. The summed E-state index contributed by atoms with van der Waals surface area (Å²) in [5, 5.41) is 7.33. The van der Waals surface area contributed by atoms with E-state index in [1.54, 1.807) is 0 Å². The SMILES string of the molecule is CCc1cc(C)cc(CC)c1NC(=S)NCC=CC(C)(C)C. The molecule has 1 aromatic carbocycles. The third-order valence-corrected chi connectivity index (χ3v) is 3.69. The van der Waals surface area contributed by atoms with Crippen LogP contribution in [-0.2, 0) is 12.8 Å². The molecule has 1 rings (SSSR count). The van der Waals surface area contributed by atoms with Crippen LogP contribution in [-0.4, -0.2) is 11.7 Å². The van der Waals surface area contributed by atoms with Gasteiger partial charge in [0.2, 0.25) is 0 Å². The van der Waals surface area contributed by atoms with Gasteiger partial charge in [0.05, 0.1) is 0 Å². The largest absolute Gasteiger partial charge is 0.359 e. The average molecular weight is 319 g/mol. The molecule has 0 fully saturated rings. The number of rotatable bonds is 5. The van der Waals surface area contributed by atoms with E-state index in [4.69, 9.17) is 12.2 Å². The number of thiocarbonyl (C=S) groups is 1. The third-order valence-electron chi connectivity index (χ3n) is 3.44. The second-order valence-electron chi connectivity index (χ2n) is 6.77. The Morgan fingerprint density at radius 3 is 2.14 bits per heavy atom. The molecule has 0 heterocycles. The van der Waals surface area contributed by atoms with Crippen molar-refractivity contribution < 1.29 is 0 Å². The molecule has 0 bridgehead atoms. The summed E-state index contributed by atoms with van der Waals surface area (Å²) in [6.45, 7) is 13.8. The molecule has 0 aromatic heterocycles. The molecule has 0 amide bonds. The molecule has 3 heteroatoms. The van der Waals surface area contributed by atoms with E-state index in [0.717, 1.165) is 19.4 Å². The summed E-state index contributed by atoms with van der Waals surface area (Å²) in [5.74, 6) is 0. The summed E-state index contributed by atoms with van der Waals surface area (Å²) >= 11 is 5.43. The molecule has 2 N–H and O–H groups in total. The molecule has 1 aromatic rings. The number of hydrogen-bond donors (Lipinski definition) is 2. The summed E-state index contributed by atoms with van der Waals surface area (Å²) < 4.78 is 0. The van der Waals surface area contributed by atoms with Crippen LogP contribution in [0, 0.1) is 12.3 Å². The maximum Gasteiger partial charge on any atom is 0.171 e. The monoisotopic (exact) mass is 318 g/mol. The van der Waals surface area contributed by atoms with Gasteiger partial charge in [0, 0.05) is 12.2 Å². The molecule has 0 radical (unpaired) electrons. The number of allylic oxidation sites excluding steroid dienone is 1. The highest BCUT2D eigenvalue weighted by molar-refractivity contribution is 7.80. The third kappa shape index (κ3) is 6.18. The summed E-state index contributed by atoms with van der Waals surface area (Å²) in [5.41, 5.74) is 5.34. The lowest BCUT2D eigenvalue weighted by Crippen LogP contribution is -2.29. The molecular weight excluding hydrogens is 288 g/mol. The first-order valence-corrected chi connectivity index (χ1v) is 8.52. The molecule has 0 aliphatic rings. The quantitative estimate of drug-likeness (QED) is 0.589. The molecule has 22 heavy (non-hydrogen) atoms. The van der Waals surface area contributed by atoms with E-state index in [1.165, 1.54) is 22.4 Å². The van der Waals surface area contributed by atoms with Crippen molar-refractivity contribution in [1.29, 1.82) is 0 Å². The van der Waals surface area contributed by atoms with Gasteiger partial charge in [0.1, 0.15) is 0 Å². The smallest absolute Gasteiger partial charge is 0.171 e. The Bertz CT molecular complexity index is 514. The van der Waals surface area contributed by atoms with Crippen LogP contribution in [0.2, 0.25) is 0 Å². The Balaban J connectivity index is 2.74. The van der Waals surface area contributed by atoms with E-state index in [0.29, 0.717) is 5.11 Å². The van der Waals surface area contributed by atoms with Crippen LogP contribution in [0.25, 0.3) is 0 Å². The second-order valence-corrected chi connectivity index (χ2v) is 7.18. The Labute approximate surface area is 141 Å². The van der Waals surface area contributed by atoms with E-state index in [2.05, 4.69) is 76.5 Å². The molecule has 0 spiro atoms. The molecule has 122 valence electrons. The normalized spacial score (nSPS) is 11.7. The van der Waals surface area contributed by atoms with Crippen LogP contribution in [0.3, 0.4) is 0 Å². The molecule has 0 unspecified atom stereocenters.